The number of nitrogens with zero attached hydrogens (tertiary/aromatic N) is 1. The van der Waals surface area contributed by atoms with E-state index < -0.39 is 0 Å². The zero-order valence-electron chi connectivity index (χ0n) is 12.1. The molecule has 2 aliphatic carbocycles. The highest BCUT2D eigenvalue weighted by Crippen LogP contribution is 2.35. The SMILES string of the molecule is Cc1nc(C2CCCCC2)sc1CNC1CCCC1. The first-order valence-electron chi connectivity index (χ1n) is 8.02. The summed E-state index contributed by atoms with van der Waals surface area (Å²) in [7, 11) is 0. The molecule has 3 heteroatoms. The Bertz CT molecular complexity index is 401. The quantitative estimate of drug-likeness (QED) is 0.875. The number of hydrogen-bond donors (Lipinski definition) is 1. The third kappa shape index (κ3) is 3.38. The summed E-state index contributed by atoms with van der Waals surface area (Å²) in [4.78, 5) is 6.34. The molecule has 2 nitrogen and oxygen atoms in total. The Morgan fingerprint density at radius 2 is 1.74 bits per heavy atom. The van der Waals surface area contributed by atoms with E-state index in [1.165, 1.54) is 73.4 Å². The lowest BCUT2D eigenvalue weighted by atomic mass is 9.90. The van der Waals surface area contributed by atoms with Crippen molar-refractivity contribution in [2.45, 2.75) is 83.2 Å². The highest BCUT2D eigenvalue weighted by molar-refractivity contribution is 7.11. The second-order valence-electron chi connectivity index (χ2n) is 6.26. The van der Waals surface area contributed by atoms with E-state index in [4.69, 9.17) is 4.98 Å². The fourth-order valence-electron chi connectivity index (χ4n) is 3.51. The van der Waals surface area contributed by atoms with Crippen LogP contribution in [-0.2, 0) is 6.54 Å². The van der Waals surface area contributed by atoms with Gasteiger partial charge in [0.1, 0.15) is 0 Å². The molecule has 3 rings (SSSR count). The molecule has 1 aromatic heterocycles. The third-order valence-corrected chi connectivity index (χ3v) is 6.09. The lowest BCUT2D eigenvalue weighted by Crippen LogP contribution is -2.25. The maximum atomic E-state index is 4.86. The van der Waals surface area contributed by atoms with Crippen molar-refractivity contribution in [2.75, 3.05) is 0 Å². The van der Waals surface area contributed by atoms with E-state index in [2.05, 4.69) is 12.2 Å². The number of aromatic nitrogens is 1. The van der Waals surface area contributed by atoms with Gasteiger partial charge in [-0.15, -0.1) is 11.3 Å². The predicted octanol–water partition coefficient (Wildman–Crippen LogP) is 4.53. The molecule has 19 heavy (non-hydrogen) atoms. The van der Waals surface area contributed by atoms with Crippen molar-refractivity contribution in [1.29, 1.82) is 0 Å². The molecule has 0 atom stereocenters. The van der Waals surface area contributed by atoms with Crippen molar-refractivity contribution in [2.24, 2.45) is 0 Å². The molecule has 0 saturated heterocycles. The standard InChI is InChI=1S/C16H26N2S/c1-12-15(11-17-14-9-5-6-10-14)19-16(18-12)13-7-3-2-4-8-13/h13-14,17H,2-11H2,1H3. The summed E-state index contributed by atoms with van der Waals surface area (Å²) in [6.45, 7) is 3.23. The van der Waals surface area contributed by atoms with E-state index in [1.807, 2.05) is 11.3 Å². The van der Waals surface area contributed by atoms with Gasteiger partial charge in [-0.1, -0.05) is 32.1 Å². The van der Waals surface area contributed by atoms with Crippen molar-refractivity contribution in [3.05, 3.63) is 15.6 Å². The van der Waals surface area contributed by atoms with Gasteiger partial charge in [0.15, 0.2) is 0 Å². The lowest BCUT2D eigenvalue weighted by Gasteiger charge is -2.18. The molecule has 2 fully saturated rings. The van der Waals surface area contributed by atoms with Crippen LogP contribution in [0.3, 0.4) is 0 Å². The Labute approximate surface area is 121 Å². The maximum Gasteiger partial charge on any atom is 0.0962 e. The largest absolute Gasteiger partial charge is 0.309 e. The third-order valence-electron chi connectivity index (χ3n) is 4.77. The van der Waals surface area contributed by atoms with Crippen molar-refractivity contribution in [1.82, 2.24) is 10.3 Å². The molecule has 2 saturated carbocycles. The van der Waals surface area contributed by atoms with Gasteiger partial charge in [0, 0.05) is 23.4 Å². The molecule has 0 radical (unpaired) electrons. The molecule has 0 amide bonds. The second-order valence-corrected chi connectivity index (χ2v) is 7.37. The van der Waals surface area contributed by atoms with Gasteiger partial charge < -0.3 is 5.32 Å². The minimum atomic E-state index is 0.762. The molecule has 0 spiro atoms. The smallest absolute Gasteiger partial charge is 0.0962 e. The van der Waals surface area contributed by atoms with Crippen LogP contribution in [0.15, 0.2) is 0 Å². The van der Waals surface area contributed by atoms with Crippen molar-refractivity contribution in [3.8, 4) is 0 Å². The van der Waals surface area contributed by atoms with Crippen LogP contribution in [0.5, 0.6) is 0 Å². The molecule has 1 heterocycles. The van der Waals surface area contributed by atoms with Gasteiger partial charge in [-0.05, 0) is 32.6 Å². The van der Waals surface area contributed by atoms with Gasteiger partial charge >= 0.3 is 0 Å². The Balaban J connectivity index is 1.59. The van der Waals surface area contributed by atoms with Crippen molar-refractivity contribution in [3.63, 3.8) is 0 Å². The first kappa shape index (κ1) is 13.6. The van der Waals surface area contributed by atoms with E-state index >= 15 is 0 Å². The monoisotopic (exact) mass is 278 g/mol. The molecule has 0 aliphatic heterocycles. The molecule has 2 aliphatic rings. The minimum Gasteiger partial charge on any atom is -0.309 e. The minimum absolute atomic E-state index is 0.762. The van der Waals surface area contributed by atoms with Gasteiger partial charge in [0.25, 0.3) is 0 Å². The van der Waals surface area contributed by atoms with Crippen LogP contribution in [0.2, 0.25) is 0 Å². The second kappa shape index (κ2) is 6.36. The Kier molecular flexibility index (Phi) is 4.54. The number of hydrogen-bond acceptors (Lipinski definition) is 3. The van der Waals surface area contributed by atoms with Crippen LogP contribution in [0.1, 0.15) is 79.3 Å². The van der Waals surface area contributed by atoms with Crippen molar-refractivity contribution >= 4 is 11.3 Å². The molecule has 106 valence electrons. The van der Waals surface area contributed by atoms with E-state index in [1.54, 1.807) is 0 Å². The summed E-state index contributed by atoms with van der Waals surface area (Å²) in [6.07, 6.45) is 12.5. The predicted molar refractivity (Wildman–Crippen MR) is 81.8 cm³/mol. The van der Waals surface area contributed by atoms with E-state index in [0.29, 0.717) is 0 Å². The fourth-order valence-corrected chi connectivity index (χ4v) is 4.69. The van der Waals surface area contributed by atoms with Crippen LogP contribution in [0.25, 0.3) is 0 Å². The van der Waals surface area contributed by atoms with Crippen molar-refractivity contribution < 1.29 is 0 Å². The van der Waals surface area contributed by atoms with Crippen LogP contribution in [0, 0.1) is 6.92 Å². The molecular weight excluding hydrogens is 252 g/mol. The Hall–Kier alpha value is -0.410. The van der Waals surface area contributed by atoms with Gasteiger partial charge in [0.05, 0.1) is 10.7 Å². The van der Waals surface area contributed by atoms with Gasteiger partial charge in [-0.3, -0.25) is 0 Å². The number of nitrogens with one attached hydrogen (secondary N) is 1. The van der Waals surface area contributed by atoms with E-state index in [-0.39, 0.29) is 0 Å². The maximum absolute atomic E-state index is 4.86. The summed E-state index contributed by atoms with van der Waals surface area (Å²) in [6, 6.07) is 0.764. The van der Waals surface area contributed by atoms with Gasteiger partial charge in [-0.25, -0.2) is 4.98 Å². The topological polar surface area (TPSA) is 24.9 Å². The molecular formula is C16H26N2S. The summed E-state index contributed by atoms with van der Waals surface area (Å²) < 4.78 is 0. The molecule has 0 aromatic carbocycles. The van der Waals surface area contributed by atoms with Gasteiger partial charge in [0.2, 0.25) is 0 Å². The molecule has 0 unspecified atom stereocenters. The van der Waals surface area contributed by atoms with Gasteiger partial charge in [-0.2, -0.15) is 0 Å². The summed E-state index contributed by atoms with van der Waals surface area (Å²) in [5.74, 6) is 0.762. The average Bonchev–Trinajstić information content (AvgIpc) is 3.07. The summed E-state index contributed by atoms with van der Waals surface area (Å²) >= 11 is 1.98. The zero-order chi connectivity index (χ0) is 13.1. The van der Waals surface area contributed by atoms with Crippen LogP contribution in [0.4, 0.5) is 0 Å². The van der Waals surface area contributed by atoms with Crippen LogP contribution >= 0.6 is 11.3 Å². The fraction of sp³-hybridized carbons (Fsp3) is 0.812. The summed E-state index contributed by atoms with van der Waals surface area (Å²) in [5.41, 5.74) is 1.27. The average molecular weight is 278 g/mol. The van der Waals surface area contributed by atoms with Crippen LogP contribution in [-0.4, -0.2) is 11.0 Å². The first-order valence-corrected chi connectivity index (χ1v) is 8.84. The molecule has 1 aromatic rings. The van der Waals surface area contributed by atoms with Crippen LogP contribution < -0.4 is 5.32 Å². The number of aryl methyl sites for hydroxylation is 1. The highest BCUT2D eigenvalue weighted by atomic mass is 32.1. The number of thiazole rings is 1. The van der Waals surface area contributed by atoms with E-state index in [9.17, 15) is 0 Å². The Morgan fingerprint density at radius 3 is 2.47 bits per heavy atom. The highest BCUT2D eigenvalue weighted by Gasteiger charge is 2.21. The lowest BCUT2D eigenvalue weighted by molar-refractivity contribution is 0.442. The summed E-state index contributed by atoms with van der Waals surface area (Å²) in [5, 5.41) is 5.14. The molecule has 0 bridgehead atoms. The molecule has 1 N–H and O–H groups in total. The first-order chi connectivity index (χ1) is 9.33. The normalized spacial score (nSPS) is 22.2. The zero-order valence-corrected chi connectivity index (χ0v) is 12.9. The number of rotatable bonds is 4. The van der Waals surface area contributed by atoms with E-state index in [0.717, 1.165) is 18.5 Å². The Morgan fingerprint density at radius 1 is 1.05 bits per heavy atom.